The first-order chi connectivity index (χ1) is 16.9. The highest BCUT2D eigenvalue weighted by molar-refractivity contribution is 6.33. The number of furan rings is 1. The summed E-state index contributed by atoms with van der Waals surface area (Å²) in [4.78, 5) is 52.7. The van der Waals surface area contributed by atoms with Gasteiger partial charge in [0.05, 0.1) is 44.3 Å². The number of carbonyl (C=O) groups excluding carboxylic acids is 4. The molecule has 1 amide bonds. The van der Waals surface area contributed by atoms with Gasteiger partial charge in [0.15, 0.2) is 0 Å². The normalized spacial score (nSPS) is 14.0. The molecule has 3 rings (SSSR count). The van der Waals surface area contributed by atoms with Crippen LogP contribution in [0.3, 0.4) is 0 Å². The maximum absolute atomic E-state index is 12.7. The molecule has 11 heteroatoms. The molecular formula is C24H27N3O8. The second-order valence-electron chi connectivity index (χ2n) is 7.35. The Bertz CT molecular complexity index is 1160. The van der Waals surface area contributed by atoms with E-state index >= 15 is 0 Å². The van der Waals surface area contributed by atoms with Crippen molar-refractivity contribution in [2.45, 2.75) is 40.0 Å². The average Bonchev–Trinajstić information content (AvgIpc) is 3.54. The van der Waals surface area contributed by atoms with Crippen LogP contribution in [-0.2, 0) is 41.4 Å². The summed E-state index contributed by atoms with van der Waals surface area (Å²) >= 11 is 0. The number of amides is 1. The molecule has 186 valence electrons. The minimum atomic E-state index is -0.652. The zero-order chi connectivity index (χ0) is 25.4. The molecule has 3 heterocycles. The third-order valence-corrected chi connectivity index (χ3v) is 5.09. The highest BCUT2D eigenvalue weighted by atomic mass is 16.5. The fourth-order valence-corrected chi connectivity index (χ4v) is 3.63. The quantitative estimate of drug-likeness (QED) is 0.280. The number of esters is 3. The highest BCUT2D eigenvalue weighted by Crippen LogP contribution is 2.27. The molecule has 0 saturated heterocycles. The summed E-state index contributed by atoms with van der Waals surface area (Å²) in [5.74, 6) is -2.10. The Morgan fingerprint density at radius 1 is 1.03 bits per heavy atom. The van der Waals surface area contributed by atoms with E-state index in [0.29, 0.717) is 28.1 Å². The molecule has 0 aromatic carbocycles. The highest BCUT2D eigenvalue weighted by Gasteiger charge is 2.29. The van der Waals surface area contributed by atoms with Crippen LogP contribution in [0.4, 0.5) is 0 Å². The Hall–Kier alpha value is -4.15. The first kappa shape index (κ1) is 25.5. The van der Waals surface area contributed by atoms with Crippen LogP contribution in [0.1, 0.15) is 60.1 Å². The van der Waals surface area contributed by atoms with E-state index in [-0.39, 0.29) is 50.4 Å². The number of nitrogens with one attached hydrogen (secondary N) is 2. The number of carbonyl (C=O) groups is 4. The van der Waals surface area contributed by atoms with Crippen LogP contribution in [0.5, 0.6) is 0 Å². The van der Waals surface area contributed by atoms with Crippen molar-refractivity contribution in [3.05, 3.63) is 52.2 Å². The van der Waals surface area contributed by atoms with E-state index in [1.807, 2.05) is 0 Å². The molecule has 0 unspecified atom stereocenters. The van der Waals surface area contributed by atoms with Gasteiger partial charge in [-0.2, -0.15) is 5.10 Å². The largest absolute Gasteiger partial charge is 0.472 e. The summed E-state index contributed by atoms with van der Waals surface area (Å²) in [6, 6.07) is 1.65. The molecule has 0 fully saturated rings. The van der Waals surface area contributed by atoms with Gasteiger partial charge in [0.25, 0.3) is 5.91 Å². The van der Waals surface area contributed by atoms with Crippen molar-refractivity contribution in [1.82, 2.24) is 10.4 Å². The Balaban J connectivity index is 2.11. The number of rotatable bonds is 11. The summed E-state index contributed by atoms with van der Waals surface area (Å²) in [5.41, 5.74) is 4.75. The van der Waals surface area contributed by atoms with Gasteiger partial charge in [-0.15, -0.1) is 0 Å². The molecule has 2 aromatic rings. The molecule has 0 saturated carbocycles. The molecule has 1 aliphatic heterocycles. The van der Waals surface area contributed by atoms with Gasteiger partial charge in [0.2, 0.25) is 0 Å². The van der Waals surface area contributed by atoms with E-state index in [2.05, 4.69) is 15.5 Å². The van der Waals surface area contributed by atoms with E-state index in [1.165, 1.54) is 18.6 Å². The minimum Gasteiger partial charge on any atom is -0.472 e. The number of H-pyrrole nitrogens is 1. The molecule has 35 heavy (non-hydrogen) atoms. The average molecular weight is 485 g/mol. The number of ether oxygens (including phenoxy) is 3. The van der Waals surface area contributed by atoms with Crippen LogP contribution in [0.2, 0.25) is 0 Å². The van der Waals surface area contributed by atoms with Crippen molar-refractivity contribution in [3.8, 4) is 0 Å². The lowest BCUT2D eigenvalue weighted by Crippen LogP contribution is -2.14. The van der Waals surface area contributed by atoms with Crippen molar-refractivity contribution in [2.75, 3.05) is 19.8 Å². The zero-order valence-electron chi connectivity index (χ0n) is 19.8. The van der Waals surface area contributed by atoms with Gasteiger partial charge >= 0.3 is 17.9 Å². The molecule has 1 aliphatic rings. The first-order valence-corrected chi connectivity index (χ1v) is 11.2. The molecule has 0 aliphatic carbocycles. The lowest BCUT2D eigenvalue weighted by Gasteiger charge is -2.08. The Kier molecular flexibility index (Phi) is 8.60. The zero-order valence-corrected chi connectivity index (χ0v) is 19.8. The van der Waals surface area contributed by atoms with Gasteiger partial charge in [-0.1, -0.05) is 0 Å². The first-order valence-electron chi connectivity index (χ1n) is 11.2. The maximum Gasteiger partial charge on any atom is 0.355 e. The maximum atomic E-state index is 12.7. The van der Waals surface area contributed by atoms with Gasteiger partial charge in [-0.05, 0) is 50.5 Å². The number of aromatic amines is 1. The summed E-state index contributed by atoms with van der Waals surface area (Å²) in [6.45, 7) is 5.55. The number of hydrazone groups is 1. The van der Waals surface area contributed by atoms with Crippen molar-refractivity contribution >= 4 is 35.6 Å². The van der Waals surface area contributed by atoms with Gasteiger partial charge in [-0.25, -0.2) is 10.2 Å². The van der Waals surface area contributed by atoms with Gasteiger partial charge in [0, 0.05) is 17.7 Å². The Morgan fingerprint density at radius 3 is 2.40 bits per heavy atom. The summed E-state index contributed by atoms with van der Waals surface area (Å²) in [5, 5.41) is 4.06. The third kappa shape index (κ3) is 6.05. The van der Waals surface area contributed by atoms with Crippen LogP contribution in [0.15, 0.2) is 33.7 Å². The van der Waals surface area contributed by atoms with Crippen LogP contribution in [-0.4, -0.2) is 54.3 Å². The molecular weight excluding hydrogens is 458 g/mol. The van der Waals surface area contributed by atoms with Crippen molar-refractivity contribution in [2.24, 2.45) is 5.10 Å². The molecule has 0 spiro atoms. The smallest absolute Gasteiger partial charge is 0.355 e. The van der Waals surface area contributed by atoms with Crippen LogP contribution in [0, 0.1) is 0 Å². The van der Waals surface area contributed by atoms with Crippen molar-refractivity contribution < 1.29 is 37.8 Å². The molecule has 0 atom stereocenters. The van der Waals surface area contributed by atoms with Gasteiger partial charge < -0.3 is 23.6 Å². The summed E-state index contributed by atoms with van der Waals surface area (Å²) in [7, 11) is 0. The van der Waals surface area contributed by atoms with Crippen LogP contribution < -0.4 is 5.43 Å². The van der Waals surface area contributed by atoms with Crippen molar-refractivity contribution in [1.29, 1.82) is 0 Å². The Labute approximate surface area is 201 Å². The van der Waals surface area contributed by atoms with E-state index in [9.17, 15) is 19.2 Å². The van der Waals surface area contributed by atoms with Gasteiger partial charge in [-0.3, -0.25) is 14.4 Å². The van der Waals surface area contributed by atoms with E-state index < -0.39 is 23.8 Å². The molecule has 11 nitrogen and oxygen atoms in total. The minimum absolute atomic E-state index is 0.0217. The van der Waals surface area contributed by atoms with E-state index in [1.54, 1.807) is 26.8 Å². The fourth-order valence-electron chi connectivity index (χ4n) is 3.63. The standard InChI is InChI=1S/C24H27N3O8/c1-4-33-19(28)8-7-15-16(12-20(29)34-5-2)18(25-22(15)24(31)35-6-3)11-17-21(26-27-23(17)30)14-9-10-32-13-14/h9-11,13,25H,4-8,12H2,1-3H3,(H,27,30)/b17-11-. The van der Waals surface area contributed by atoms with E-state index in [4.69, 9.17) is 18.6 Å². The Morgan fingerprint density at radius 2 is 1.74 bits per heavy atom. The fraction of sp³-hybridized carbons (Fsp3) is 0.375. The molecule has 0 radical (unpaired) electrons. The second-order valence-corrected chi connectivity index (χ2v) is 7.35. The number of aromatic nitrogens is 1. The molecule has 0 bridgehead atoms. The second kappa shape index (κ2) is 11.8. The van der Waals surface area contributed by atoms with Crippen LogP contribution in [0.25, 0.3) is 6.08 Å². The molecule has 2 N–H and O–H groups in total. The summed E-state index contributed by atoms with van der Waals surface area (Å²) in [6.07, 6.45) is 4.28. The monoisotopic (exact) mass is 485 g/mol. The van der Waals surface area contributed by atoms with Gasteiger partial charge in [0.1, 0.15) is 11.4 Å². The topological polar surface area (TPSA) is 149 Å². The lowest BCUT2D eigenvalue weighted by atomic mass is 9.98. The summed E-state index contributed by atoms with van der Waals surface area (Å²) < 4.78 is 20.4. The van der Waals surface area contributed by atoms with E-state index in [0.717, 1.165) is 0 Å². The van der Waals surface area contributed by atoms with Crippen LogP contribution >= 0.6 is 0 Å². The SMILES string of the molecule is CCOC(=O)CCc1c(C(=O)OCC)[nH]c(/C=C2\C(=O)NN=C2c2ccoc2)c1CC(=O)OCC. The number of nitrogens with zero attached hydrogens (tertiary/aromatic N) is 1. The third-order valence-electron chi connectivity index (χ3n) is 5.09. The van der Waals surface area contributed by atoms with Crippen molar-refractivity contribution in [3.63, 3.8) is 0 Å². The molecule has 2 aromatic heterocycles. The number of hydrogen-bond acceptors (Lipinski definition) is 9. The lowest BCUT2D eigenvalue weighted by molar-refractivity contribution is -0.143. The predicted molar refractivity (Wildman–Crippen MR) is 123 cm³/mol. The number of hydrogen-bond donors (Lipinski definition) is 2. The predicted octanol–water partition coefficient (Wildman–Crippen LogP) is 2.30.